The summed E-state index contributed by atoms with van der Waals surface area (Å²) in [6.45, 7) is 10.1. The second-order valence-corrected chi connectivity index (χ2v) is 6.02. The maximum absolute atomic E-state index is 12.5. The first-order chi connectivity index (χ1) is 13.6. The molecular formula is C23H28N2O3. The van der Waals surface area contributed by atoms with Gasteiger partial charge >= 0.3 is 5.97 Å². The molecule has 0 atom stereocenters. The van der Waals surface area contributed by atoms with Crippen LogP contribution in [0.2, 0.25) is 0 Å². The van der Waals surface area contributed by atoms with Crippen LogP contribution in [0.4, 0.5) is 0 Å². The molecule has 3 aromatic rings. The predicted octanol–water partition coefficient (Wildman–Crippen LogP) is 5.57. The number of methoxy groups -OCH3 is 1. The third-order valence-corrected chi connectivity index (χ3v) is 4.33. The highest BCUT2D eigenvalue weighted by Crippen LogP contribution is 2.38. The Kier molecular flexibility index (Phi) is 7.38. The van der Waals surface area contributed by atoms with E-state index in [9.17, 15) is 4.79 Å². The Morgan fingerprint density at radius 1 is 1.14 bits per heavy atom. The third-order valence-electron chi connectivity index (χ3n) is 4.33. The van der Waals surface area contributed by atoms with E-state index in [1.807, 2.05) is 64.2 Å². The summed E-state index contributed by atoms with van der Waals surface area (Å²) < 4.78 is 10.7. The topological polar surface area (TPSA) is 64.2 Å². The molecule has 0 spiro atoms. The van der Waals surface area contributed by atoms with Gasteiger partial charge in [0.25, 0.3) is 0 Å². The van der Waals surface area contributed by atoms with Crippen molar-refractivity contribution in [2.75, 3.05) is 13.7 Å². The minimum Gasteiger partial charge on any atom is -0.496 e. The molecule has 2 aromatic heterocycles. The van der Waals surface area contributed by atoms with Crippen molar-refractivity contribution >= 4 is 5.97 Å². The van der Waals surface area contributed by atoms with E-state index in [1.165, 1.54) is 0 Å². The number of H-pyrrole nitrogens is 1. The number of aromatic amines is 1. The third kappa shape index (κ3) is 4.25. The standard InChI is InChI=1S/C21H22N2O3.C2H6/c1-5-26-21(24)20-19(17-11-13(2)9-10-22-17)16(12-23-20)15-7-6-8-18(25-4)14(15)3;1-2/h6-12,23H,5H2,1-4H3;1-2H3. The van der Waals surface area contributed by atoms with Gasteiger partial charge < -0.3 is 14.5 Å². The fourth-order valence-electron chi connectivity index (χ4n) is 3.07. The van der Waals surface area contributed by atoms with E-state index in [0.717, 1.165) is 39.3 Å². The molecule has 0 amide bonds. The maximum Gasteiger partial charge on any atom is 0.355 e. The van der Waals surface area contributed by atoms with Crippen LogP contribution in [-0.4, -0.2) is 29.7 Å². The summed E-state index contributed by atoms with van der Waals surface area (Å²) in [6, 6.07) is 9.75. The first-order valence-corrected chi connectivity index (χ1v) is 9.52. The van der Waals surface area contributed by atoms with Crippen LogP contribution in [0.25, 0.3) is 22.4 Å². The molecule has 0 aliphatic heterocycles. The molecule has 148 valence electrons. The number of benzene rings is 1. The number of carbonyl (C=O) groups is 1. The van der Waals surface area contributed by atoms with E-state index in [2.05, 4.69) is 9.97 Å². The molecule has 1 N–H and O–H groups in total. The molecule has 0 radical (unpaired) electrons. The fraction of sp³-hybridized carbons (Fsp3) is 0.304. The Balaban J connectivity index is 0.00000136. The summed E-state index contributed by atoms with van der Waals surface area (Å²) in [5.41, 5.74) is 5.81. The summed E-state index contributed by atoms with van der Waals surface area (Å²) in [5.74, 6) is 0.405. The number of nitrogens with one attached hydrogen (secondary N) is 1. The van der Waals surface area contributed by atoms with Gasteiger partial charge in [-0.15, -0.1) is 0 Å². The zero-order chi connectivity index (χ0) is 20.7. The van der Waals surface area contributed by atoms with Crippen LogP contribution in [0, 0.1) is 13.8 Å². The largest absolute Gasteiger partial charge is 0.496 e. The SMILES string of the molecule is CC.CCOC(=O)c1[nH]cc(-c2cccc(OC)c2C)c1-c1cc(C)ccn1. The number of nitrogens with zero attached hydrogens (tertiary/aromatic N) is 1. The van der Waals surface area contributed by atoms with Gasteiger partial charge in [-0.2, -0.15) is 0 Å². The number of rotatable bonds is 5. The highest BCUT2D eigenvalue weighted by Gasteiger charge is 2.23. The lowest BCUT2D eigenvalue weighted by molar-refractivity contribution is 0.0521. The monoisotopic (exact) mass is 380 g/mol. The van der Waals surface area contributed by atoms with Crippen molar-refractivity contribution in [2.45, 2.75) is 34.6 Å². The second-order valence-electron chi connectivity index (χ2n) is 6.02. The van der Waals surface area contributed by atoms with Crippen molar-refractivity contribution < 1.29 is 14.3 Å². The van der Waals surface area contributed by atoms with Crippen molar-refractivity contribution in [1.82, 2.24) is 9.97 Å². The molecular weight excluding hydrogens is 352 g/mol. The minimum atomic E-state index is -0.391. The Hall–Kier alpha value is -3.08. The van der Waals surface area contributed by atoms with Gasteiger partial charge in [0.1, 0.15) is 11.4 Å². The average molecular weight is 380 g/mol. The van der Waals surface area contributed by atoms with Crippen molar-refractivity contribution in [3.8, 4) is 28.1 Å². The molecule has 5 nitrogen and oxygen atoms in total. The molecule has 5 heteroatoms. The number of hydrogen-bond acceptors (Lipinski definition) is 4. The molecule has 0 saturated carbocycles. The minimum absolute atomic E-state index is 0.312. The van der Waals surface area contributed by atoms with Crippen LogP contribution >= 0.6 is 0 Å². The van der Waals surface area contributed by atoms with Gasteiger partial charge in [0.15, 0.2) is 0 Å². The average Bonchev–Trinajstić information content (AvgIpc) is 3.15. The molecule has 0 unspecified atom stereocenters. The van der Waals surface area contributed by atoms with Crippen LogP contribution in [0.3, 0.4) is 0 Å². The first kappa shape index (κ1) is 21.2. The molecule has 1 aromatic carbocycles. The fourth-order valence-corrected chi connectivity index (χ4v) is 3.07. The lowest BCUT2D eigenvalue weighted by atomic mass is 9.95. The number of pyridine rings is 1. The number of hydrogen-bond donors (Lipinski definition) is 1. The zero-order valence-electron chi connectivity index (χ0n) is 17.4. The van der Waals surface area contributed by atoms with Crippen LogP contribution in [0.15, 0.2) is 42.7 Å². The van der Waals surface area contributed by atoms with Crippen LogP contribution in [0.1, 0.15) is 42.4 Å². The van der Waals surface area contributed by atoms with Gasteiger partial charge in [-0.1, -0.05) is 26.0 Å². The molecule has 2 heterocycles. The Bertz CT molecular complexity index is 945. The summed E-state index contributed by atoms with van der Waals surface area (Å²) >= 11 is 0. The summed E-state index contributed by atoms with van der Waals surface area (Å²) in [7, 11) is 1.65. The first-order valence-electron chi connectivity index (χ1n) is 9.52. The number of aryl methyl sites for hydroxylation is 1. The summed E-state index contributed by atoms with van der Waals surface area (Å²) in [4.78, 5) is 20.0. The van der Waals surface area contributed by atoms with E-state index < -0.39 is 5.97 Å². The highest BCUT2D eigenvalue weighted by atomic mass is 16.5. The zero-order valence-corrected chi connectivity index (χ0v) is 17.4. The molecule has 0 bridgehead atoms. The molecule has 0 aliphatic carbocycles. The van der Waals surface area contributed by atoms with Gasteiger partial charge in [0.05, 0.1) is 19.4 Å². The molecule has 0 aliphatic rings. The predicted molar refractivity (Wildman–Crippen MR) is 113 cm³/mol. The van der Waals surface area contributed by atoms with Crippen molar-refractivity contribution in [3.05, 3.63) is 59.5 Å². The lowest BCUT2D eigenvalue weighted by Crippen LogP contribution is -2.07. The van der Waals surface area contributed by atoms with Crippen molar-refractivity contribution in [1.29, 1.82) is 0 Å². The lowest BCUT2D eigenvalue weighted by Gasteiger charge is -2.12. The van der Waals surface area contributed by atoms with Crippen LogP contribution in [0.5, 0.6) is 5.75 Å². The summed E-state index contributed by atoms with van der Waals surface area (Å²) in [5, 5.41) is 0. The van der Waals surface area contributed by atoms with Gasteiger partial charge in [-0.25, -0.2) is 4.79 Å². The number of aromatic nitrogens is 2. The van der Waals surface area contributed by atoms with Gasteiger partial charge in [-0.3, -0.25) is 4.98 Å². The summed E-state index contributed by atoms with van der Waals surface area (Å²) in [6.07, 6.45) is 3.57. The van der Waals surface area contributed by atoms with E-state index in [1.54, 1.807) is 20.2 Å². The van der Waals surface area contributed by atoms with E-state index in [-0.39, 0.29) is 0 Å². The van der Waals surface area contributed by atoms with Crippen LogP contribution in [-0.2, 0) is 4.74 Å². The van der Waals surface area contributed by atoms with Gasteiger partial charge in [0.2, 0.25) is 0 Å². The molecule has 3 rings (SSSR count). The maximum atomic E-state index is 12.5. The van der Waals surface area contributed by atoms with E-state index in [4.69, 9.17) is 9.47 Å². The Labute approximate surface area is 166 Å². The van der Waals surface area contributed by atoms with Gasteiger partial charge in [0, 0.05) is 23.5 Å². The van der Waals surface area contributed by atoms with Crippen molar-refractivity contribution in [2.24, 2.45) is 0 Å². The smallest absolute Gasteiger partial charge is 0.355 e. The quantitative estimate of drug-likeness (QED) is 0.588. The normalized spacial score (nSPS) is 10.1. The highest BCUT2D eigenvalue weighted by molar-refractivity contribution is 6.01. The number of esters is 1. The number of carbonyl (C=O) groups excluding carboxylic acids is 1. The number of ether oxygens (including phenoxy) is 2. The van der Waals surface area contributed by atoms with Crippen molar-refractivity contribution in [3.63, 3.8) is 0 Å². The second kappa shape index (κ2) is 9.74. The van der Waals surface area contributed by atoms with Crippen LogP contribution < -0.4 is 4.74 Å². The Morgan fingerprint density at radius 3 is 2.54 bits per heavy atom. The van der Waals surface area contributed by atoms with E-state index >= 15 is 0 Å². The molecule has 0 saturated heterocycles. The molecule has 28 heavy (non-hydrogen) atoms. The molecule has 0 fully saturated rings. The Morgan fingerprint density at radius 2 is 1.89 bits per heavy atom. The van der Waals surface area contributed by atoms with Gasteiger partial charge in [-0.05, 0) is 55.7 Å². The van der Waals surface area contributed by atoms with E-state index in [0.29, 0.717) is 12.3 Å².